The predicted molar refractivity (Wildman–Crippen MR) is 90.4 cm³/mol. The second-order valence-electron chi connectivity index (χ2n) is 6.91. The van der Waals surface area contributed by atoms with Crippen molar-refractivity contribution in [3.8, 4) is 0 Å². The number of nitrogens with two attached hydrogens (primary N) is 1. The van der Waals surface area contributed by atoms with Crippen LogP contribution in [0.25, 0.3) is 0 Å². The molecule has 3 rings (SSSR count). The third kappa shape index (κ3) is 3.92. The van der Waals surface area contributed by atoms with Gasteiger partial charge in [0, 0.05) is 37.1 Å². The van der Waals surface area contributed by atoms with E-state index in [2.05, 4.69) is 20.6 Å². The van der Waals surface area contributed by atoms with E-state index < -0.39 is 35.7 Å². The quantitative estimate of drug-likeness (QED) is 0.501. The maximum absolute atomic E-state index is 13.0. The van der Waals surface area contributed by atoms with Crippen LogP contribution in [0.3, 0.4) is 0 Å². The number of imidazole rings is 1. The second kappa shape index (κ2) is 7.67. The van der Waals surface area contributed by atoms with E-state index in [9.17, 15) is 19.2 Å². The topological polar surface area (TPSA) is 147 Å². The molecule has 5 N–H and O–H groups in total. The SMILES string of the molecule is NC(=O)[C@@H]1CCCC1C(=O)[C@H](Cc1ncc[nH]1)NC(=O)[C@H]1CCC(=O)N1. The molecule has 9 heteroatoms. The van der Waals surface area contributed by atoms with Crippen molar-refractivity contribution in [2.75, 3.05) is 0 Å². The van der Waals surface area contributed by atoms with Gasteiger partial charge in [-0.1, -0.05) is 6.42 Å². The van der Waals surface area contributed by atoms with E-state index in [-0.39, 0.29) is 18.1 Å². The van der Waals surface area contributed by atoms with Crippen molar-refractivity contribution in [2.45, 2.75) is 50.6 Å². The van der Waals surface area contributed by atoms with Crippen LogP contribution in [0.1, 0.15) is 37.9 Å². The molecule has 1 aromatic heterocycles. The molecule has 4 atom stereocenters. The highest BCUT2D eigenvalue weighted by molar-refractivity contribution is 5.97. The van der Waals surface area contributed by atoms with Gasteiger partial charge in [0.2, 0.25) is 17.7 Å². The molecular formula is C17H23N5O4. The minimum Gasteiger partial charge on any atom is -0.369 e. The summed E-state index contributed by atoms with van der Waals surface area (Å²) in [5, 5.41) is 5.33. The number of carbonyl (C=O) groups excluding carboxylic acids is 4. The van der Waals surface area contributed by atoms with Crippen LogP contribution in [0.4, 0.5) is 0 Å². The number of hydrogen-bond donors (Lipinski definition) is 4. The van der Waals surface area contributed by atoms with Gasteiger partial charge in [-0.15, -0.1) is 0 Å². The van der Waals surface area contributed by atoms with Crippen molar-refractivity contribution in [3.63, 3.8) is 0 Å². The van der Waals surface area contributed by atoms with Crippen molar-refractivity contribution >= 4 is 23.5 Å². The Bertz CT molecular complexity index is 702. The summed E-state index contributed by atoms with van der Waals surface area (Å²) in [7, 11) is 0. The molecule has 2 fully saturated rings. The predicted octanol–water partition coefficient (Wildman–Crippen LogP) is -0.814. The molecule has 1 aromatic rings. The van der Waals surface area contributed by atoms with E-state index in [0.717, 1.165) is 6.42 Å². The van der Waals surface area contributed by atoms with Gasteiger partial charge in [-0.3, -0.25) is 19.2 Å². The molecule has 1 aliphatic heterocycles. The number of aromatic amines is 1. The lowest BCUT2D eigenvalue weighted by Crippen LogP contribution is -2.52. The maximum Gasteiger partial charge on any atom is 0.243 e. The van der Waals surface area contributed by atoms with E-state index >= 15 is 0 Å². The summed E-state index contributed by atoms with van der Waals surface area (Å²) in [6, 6.07) is -1.46. The third-order valence-corrected chi connectivity index (χ3v) is 5.17. The van der Waals surface area contributed by atoms with E-state index in [1.165, 1.54) is 0 Å². The first-order chi connectivity index (χ1) is 12.5. The maximum atomic E-state index is 13.0. The minimum atomic E-state index is -0.823. The van der Waals surface area contributed by atoms with E-state index in [1.54, 1.807) is 12.4 Å². The first-order valence-electron chi connectivity index (χ1n) is 8.86. The van der Waals surface area contributed by atoms with Crippen LogP contribution in [-0.4, -0.2) is 45.6 Å². The van der Waals surface area contributed by atoms with E-state index in [1.807, 2.05) is 0 Å². The molecule has 0 aromatic carbocycles. The van der Waals surface area contributed by atoms with Crippen LogP contribution in [0.15, 0.2) is 12.4 Å². The number of H-pyrrole nitrogens is 1. The summed E-state index contributed by atoms with van der Waals surface area (Å²) in [6.07, 6.45) is 6.02. The Morgan fingerprint density at radius 2 is 2.04 bits per heavy atom. The summed E-state index contributed by atoms with van der Waals surface area (Å²) in [6.45, 7) is 0. The number of rotatable bonds is 7. The zero-order chi connectivity index (χ0) is 18.7. The Morgan fingerprint density at radius 1 is 1.27 bits per heavy atom. The number of primary amides is 1. The lowest BCUT2D eigenvalue weighted by atomic mass is 9.86. The van der Waals surface area contributed by atoms with Gasteiger partial charge in [-0.2, -0.15) is 0 Å². The Balaban J connectivity index is 1.74. The molecule has 1 saturated heterocycles. The van der Waals surface area contributed by atoms with Gasteiger partial charge in [0.1, 0.15) is 11.9 Å². The van der Waals surface area contributed by atoms with Crippen molar-refractivity contribution < 1.29 is 19.2 Å². The van der Waals surface area contributed by atoms with E-state index in [4.69, 9.17) is 5.73 Å². The largest absolute Gasteiger partial charge is 0.369 e. The zero-order valence-electron chi connectivity index (χ0n) is 14.4. The fraction of sp³-hybridized carbons (Fsp3) is 0.588. The molecule has 26 heavy (non-hydrogen) atoms. The van der Waals surface area contributed by atoms with Crippen molar-refractivity contribution in [2.24, 2.45) is 17.6 Å². The molecule has 2 heterocycles. The number of carbonyl (C=O) groups is 4. The summed E-state index contributed by atoms with van der Waals surface area (Å²) < 4.78 is 0. The van der Waals surface area contributed by atoms with Gasteiger partial charge >= 0.3 is 0 Å². The number of aromatic nitrogens is 2. The van der Waals surface area contributed by atoms with Gasteiger partial charge in [0.15, 0.2) is 5.78 Å². The molecular weight excluding hydrogens is 338 g/mol. The molecule has 1 saturated carbocycles. The molecule has 3 amide bonds. The molecule has 1 unspecified atom stereocenters. The first kappa shape index (κ1) is 18.1. The molecule has 9 nitrogen and oxygen atoms in total. The average Bonchev–Trinajstić information content (AvgIpc) is 3.34. The lowest BCUT2D eigenvalue weighted by molar-refractivity contribution is -0.134. The normalized spacial score (nSPS) is 26.3. The van der Waals surface area contributed by atoms with Crippen molar-refractivity contribution in [1.29, 1.82) is 0 Å². The van der Waals surface area contributed by atoms with Crippen LogP contribution >= 0.6 is 0 Å². The Morgan fingerprint density at radius 3 is 2.65 bits per heavy atom. The number of nitrogens with one attached hydrogen (secondary N) is 3. The molecule has 2 aliphatic rings. The molecule has 1 aliphatic carbocycles. The summed E-state index contributed by atoms with van der Waals surface area (Å²) in [5.41, 5.74) is 5.43. The average molecular weight is 361 g/mol. The van der Waals surface area contributed by atoms with E-state index in [0.29, 0.717) is 31.5 Å². The van der Waals surface area contributed by atoms with Gasteiger partial charge in [0.05, 0.1) is 6.04 Å². The summed E-state index contributed by atoms with van der Waals surface area (Å²) in [5.74, 6) is -1.69. The third-order valence-electron chi connectivity index (χ3n) is 5.17. The lowest BCUT2D eigenvalue weighted by Gasteiger charge is -2.24. The Hall–Kier alpha value is -2.71. The fourth-order valence-electron chi connectivity index (χ4n) is 3.81. The van der Waals surface area contributed by atoms with Gasteiger partial charge in [0.25, 0.3) is 0 Å². The van der Waals surface area contributed by atoms with Gasteiger partial charge in [-0.25, -0.2) is 4.98 Å². The molecule has 140 valence electrons. The number of nitrogens with zero attached hydrogens (tertiary/aromatic N) is 1. The van der Waals surface area contributed by atoms with Crippen LogP contribution < -0.4 is 16.4 Å². The Labute approximate surface area is 150 Å². The summed E-state index contributed by atoms with van der Waals surface area (Å²) in [4.78, 5) is 55.5. The second-order valence-corrected chi connectivity index (χ2v) is 6.91. The first-order valence-corrected chi connectivity index (χ1v) is 8.86. The number of amides is 3. The zero-order valence-corrected chi connectivity index (χ0v) is 14.4. The highest BCUT2D eigenvalue weighted by atomic mass is 16.2. The van der Waals surface area contributed by atoms with Crippen LogP contribution in [0, 0.1) is 11.8 Å². The van der Waals surface area contributed by atoms with Crippen molar-refractivity contribution in [3.05, 3.63) is 18.2 Å². The minimum absolute atomic E-state index is 0.177. The molecule has 0 radical (unpaired) electrons. The van der Waals surface area contributed by atoms with Crippen LogP contribution in [0.2, 0.25) is 0 Å². The summed E-state index contributed by atoms with van der Waals surface area (Å²) >= 11 is 0. The fourth-order valence-corrected chi connectivity index (χ4v) is 3.81. The number of ketones is 1. The van der Waals surface area contributed by atoms with Crippen LogP contribution in [0.5, 0.6) is 0 Å². The standard InChI is InChI=1S/C17H23N5O4/c18-16(25)10-3-1-2-9(10)15(24)12(8-13-19-6-7-20-13)22-17(26)11-4-5-14(23)21-11/h6-7,9-12H,1-5,8H2,(H2,18,25)(H,19,20)(H,21,23)(H,22,26)/t9?,10-,11-,12+/m1/s1. The van der Waals surface area contributed by atoms with Crippen molar-refractivity contribution in [1.82, 2.24) is 20.6 Å². The molecule has 0 spiro atoms. The highest BCUT2D eigenvalue weighted by Gasteiger charge is 2.40. The molecule has 0 bridgehead atoms. The van der Waals surface area contributed by atoms with Crippen LogP contribution in [-0.2, 0) is 25.6 Å². The monoisotopic (exact) mass is 361 g/mol. The van der Waals surface area contributed by atoms with Gasteiger partial charge in [-0.05, 0) is 19.3 Å². The highest BCUT2D eigenvalue weighted by Crippen LogP contribution is 2.33. The smallest absolute Gasteiger partial charge is 0.243 e. The number of hydrogen-bond acceptors (Lipinski definition) is 5. The van der Waals surface area contributed by atoms with Gasteiger partial charge < -0.3 is 21.4 Å². The number of Topliss-reactive ketones (excluding diaryl/α,β-unsaturated/α-hetero) is 1. The Kier molecular flexibility index (Phi) is 5.34.